The molecule has 116 valence electrons. The van der Waals surface area contributed by atoms with Crippen LogP contribution in [0.15, 0.2) is 17.0 Å². The van der Waals surface area contributed by atoms with Gasteiger partial charge in [-0.2, -0.15) is 0 Å². The van der Waals surface area contributed by atoms with Gasteiger partial charge >= 0.3 is 0 Å². The second-order valence-corrected chi connectivity index (χ2v) is 7.79. The second kappa shape index (κ2) is 5.39. The smallest absolute Gasteiger partial charge is 0.243 e. The molecule has 5 nitrogen and oxygen atoms in total. The Labute approximate surface area is 128 Å². The summed E-state index contributed by atoms with van der Waals surface area (Å²) in [5.74, 6) is -0.641. The van der Waals surface area contributed by atoms with E-state index in [4.69, 9.17) is 17.3 Å². The molecule has 0 saturated carbocycles. The lowest BCUT2D eigenvalue weighted by Gasteiger charge is -2.44. The van der Waals surface area contributed by atoms with Crippen molar-refractivity contribution < 1.29 is 12.8 Å². The Morgan fingerprint density at radius 2 is 2.00 bits per heavy atom. The molecule has 3 fully saturated rings. The number of fused-ring (bicyclic) bond motifs is 3. The average Bonchev–Trinajstić information content (AvgIpc) is 2.43. The summed E-state index contributed by atoms with van der Waals surface area (Å²) in [6.07, 6.45) is 1.93. The molecule has 8 heteroatoms. The van der Waals surface area contributed by atoms with Gasteiger partial charge in [0.25, 0.3) is 0 Å². The SMILES string of the molecule is Nc1cc(Cl)cc(S(=O)(=O)NC2CN3CCC2CC3)c1F. The van der Waals surface area contributed by atoms with E-state index in [-0.39, 0.29) is 16.8 Å². The molecule has 3 saturated heterocycles. The Hall–Kier alpha value is -0.890. The lowest BCUT2D eigenvalue weighted by Crippen LogP contribution is -2.57. The molecule has 3 aliphatic rings. The summed E-state index contributed by atoms with van der Waals surface area (Å²) in [6, 6.07) is 2.11. The number of anilines is 1. The third kappa shape index (κ3) is 2.88. The number of nitrogens with zero attached hydrogens (tertiary/aromatic N) is 1. The molecule has 21 heavy (non-hydrogen) atoms. The van der Waals surface area contributed by atoms with Crippen molar-refractivity contribution in [3.8, 4) is 0 Å². The number of halogens is 2. The van der Waals surface area contributed by atoms with Crippen molar-refractivity contribution in [3.63, 3.8) is 0 Å². The molecule has 3 heterocycles. The van der Waals surface area contributed by atoms with Gasteiger partial charge in [0.1, 0.15) is 4.90 Å². The van der Waals surface area contributed by atoms with Gasteiger partial charge in [-0.05, 0) is 44.0 Å². The third-order valence-electron chi connectivity index (χ3n) is 4.28. The van der Waals surface area contributed by atoms with Gasteiger partial charge in [0.2, 0.25) is 10.0 Å². The van der Waals surface area contributed by atoms with Crippen LogP contribution in [0.4, 0.5) is 10.1 Å². The lowest BCUT2D eigenvalue weighted by molar-refractivity contribution is 0.0827. The highest BCUT2D eigenvalue weighted by atomic mass is 35.5. The highest BCUT2D eigenvalue weighted by molar-refractivity contribution is 7.89. The van der Waals surface area contributed by atoms with Crippen LogP contribution in [-0.2, 0) is 10.0 Å². The van der Waals surface area contributed by atoms with Crippen molar-refractivity contribution in [1.29, 1.82) is 0 Å². The third-order valence-corrected chi connectivity index (χ3v) is 5.99. The van der Waals surface area contributed by atoms with Gasteiger partial charge in [0.05, 0.1) is 5.69 Å². The number of benzene rings is 1. The van der Waals surface area contributed by atoms with E-state index in [0.717, 1.165) is 32.0 Å². The molecule has 0 amide bonds. The van der Waals surface area contributed by atoms with E-state index in [2.05, 4.69) is 9.62 Å². The van der Waals surface area contributed by atoms with Gasteiger partial charge in [0.15, 0.2) is 5.82 Å². The molecule has 4 rings (SSSR count). The first-order valence-electron chi connectivity index (χ1n) is 6.86. The van der Waals surface area contributed by atoms with E-state index in [1.807, 2.05) is 0 Å². The number of hydrogen-bond acceptors (Lipinski definition) is 4. The zero-order chi connectivity index (χ0) is 15.2. The maximum Gasteiger partial charge on any atom is 0.243 e. The maximum absolute atomic E-state index is 14.0. The largest absolute Gasteiger partial charge is 0.396 e. The monoisotopic (exact) mass is 333 g/mol. The first-order chi connectivity index (χ1) is 9.87. The summed E-state index contributed by atoms with van der Waals surface area (Å²) in [5, 5.41) is 0.100. The molecule has 0 aromatic heterocycles. The molecule has 2 bridgehead atoms. The number of piperidine rings is 3. The van der Waals surface area contributed by atoms with Crippen LogP contribution in [0.5, 0.6) is 0 Å². The number of rotatable bonds is 3. The van der Waals surface area contributed by atoms with E-state index >= 15 is 0 Å². The number of nitrogens with one attached hydrogen (secondary N) is 1. The molecule has 0 aliphatic carbocycles. The van der Waals surface area contributed by atoms with Crippen LogP contribution in [0.3, 0.4) is 0 Å². The Bertz CT molecular complexity index is 660. The lowest BCUT2D eigenvalue weighted by atomic mass is 9.85. The fourth-order valence-corrected chi connectivity index (χ4v) is 4.86. The summed E-state index contributed by atoms with van der Waals surface area (Å²) < 4.78 is 41.5. The summed E-state index contributed by atoms with van der Waals surface area (Å²) in [5.41, 5.74) is 5.19. The molecule has 3 aliphatic heterocycles. The minimum Gasteiger partial charge on any atom is -0.396 e. The minimum absolute atomic E-state index is 0.100. The Balaban J connectivity index is 1.88. The van der Waals surface area contributed by atoms with Gasteiger partial charge in [0, 0.05) is 17.6 Å². The number of hydrogen-bond donors (Lipinski definition) is 2. The van der Waals surface area contributed by atoms with Crippen LogP contribution < -0.4 is 10.5 Å². The van der Waals surface area contributed by atoms with Crippen LogP contribution >= 0.6 is 11.6 Å². The van der Waals surface area contributed by atoms with E-state index in [0.29, 0.717) is 12.5 Å². The zero-order valence-electron chi connectivity index (χ0n) is 11.4. The Morgan fingerprint density at radius 1 is 1.33 bits per heavy atom. The van der Waals surface area contributed by atoms with Gasteiger partial charge < -0.3 is 10.6 Å². The summed E-state index contributed by atoms with van der Waals surface area (Å²) in [4.78, 5) is 1.74. The Kier molecular flexibility index (Phi) is 3.85. The normalized spacial score (nSPS) is 28.8. The fraction of sp³-hybridized carbons (Fsp3) is 0.538. The van der Waals surface area contributed by atoms with E-state index in [1.165, 1.54) is 6.07 Å². The molecule has 0 spiro atoms. The van der Waals surface area contributed by atoms with Crippen molar-refractivity contribution in [2.45, 2.75) is 23.8 Å². The summed E-state index contributed by atoms with van der Waals surface area (Å²) in [7, 11) is -3.97. The van der Waals surface area contributed by atoms with Crippen molar-refractivity contribution in [2.24, 2.45) is 5.92 Å². The van der Waals surface area contributed by atoms with E-state index in [9.17, 15) is 12.8 Å². The zero-order valence-corrected chi connectivity index (χ0v) is 12.9. The topological polar surface area (TPSA) is 75.4 Å². The first-order valence-corrected chi connectivity index (χ1v) is 8.72. The van der Waals surface area contributed by atoms with Gasteiger partial charge in [-0.1, -0.05) is 11.6 Å². The number of sulfonamides is 1. The maximum atomic E-state index is 14.0. The van der Waals surface area contributed by atoms with Gasteiger partial charge in [-0.25, -0.2) is 17.5 Å². The predicted molar refractivity (Wildman–Crippen MR) is 79.1 cm³/mol. The molecule has 1 unspecified atom stereocenters. The summed E-state index contributed by atoms with van der Waals surface area (Å²) in [6.45, 7) is 2.67. The second-order valence-electron chi connectivity index (χ2n) is 5.67. The van der Waals surface area contributed by atoms with Crippen LogP contribution in [-0.4, -0.2) is 39.0 Å². The van der Waals surface area contributed by atoms with Crippen LogP contribution in [0.1, 0.15) is 12.8 Å². The van der Waals surface area contributed by atoms with Crippen molar-refractivity contribution in [3.05, 3.63) is 23.0 Å². The van der Waals surface area contributed by atoms with Gasteiger partial charge in [-0.3, -0.25) is 0 Å². The van der Waals surface area contributed by atoms with Crippen LogP contribution in [0.2, 0.25) is 5.02 Å². The predicted octanol–water partition coefficient (Wildman–Crippen LogP) is 1.43. The van der Waals surface area contributed by atoms with E-state index < -0.39 is 20.7 Å². The minimum atomic E-state index is -3.97. The van der Waals surface area contributed by atoms with Crippen molar-refractivity contribution in [2.75, 3.05) is 25.4 Å². The average molecular weight is 334 g/mol. The van der Waals surface area contributed by atoms with Crippen LogP contribution in [0.25, 0.3) is 0 Å². The summed E-state index contributed by atoms with van der Waals surface area (Å²) >= 11 is 5.79. The highest BCUT2D eigenvalue weighted by Crippen LogP contribution is 2.30. The van der Waals surface area contributed by atoms with Crippen LogP contribution in [0, 0.1) is 11.7 Å². The number of nitrogens with two attached hydrogens (primary N) is 1. The van der Waals surface area contributed by atoms with Crippen molar-refractivity contribution >= 4 is 27.3 Å². The molecule has 1 atom stereocenters. The number of nitrogen functional groups attached to an aromatic ring is 1. The van der Waals surface area contributed by atoms with E-state index in [1.54, 1.807) is 0 Å². The standard InChI is InChI=1S/C13H17ClFN3O2S/c14-9-5-10(16)13(15)12(6-9)21(19,20)17-11-7-18-3-1-8(11)2-4-18/h5-6,8,11,17H,1-4,7,16H2. The fourth-order valence-electron chi connectivity index (χ4n) is 3.14. The molecule has 0 radical (unpaired) electrons. The highest BCUT2D eigenvalue weighted by Gasteiger charge is 2.37. The Morgan fingerprint density at radius 3 is 2.57 bits per heavy atom. The van der Waals surface area contributed by atoms with Crippen molar-refractivity contribution in [1.82, 2.24) is 9.62 Å². The quantitative estimate of drug-likeness (QED) is 0.821. The molecular formula is C13H17ClFN3O2S. The molecule has 1 aromatic rings. The molecule has 1 aromatic carbocycles. The molecule has 3 N–H and O–H groups in total. The molecular weight excluding hydrogens is 317 g/mol. The first kappa shape index (κ1) is 15.0. The van der Waals surface area contributed by atoms with Gasteiger partial charge in [-0.15, -0.1) is 0 Å².